The largest absolute Gasteiger partial charge is 0.433 e. The van der Waals surface area contributed by atoms with Gasteiger partial charge in [0.15, 0.2) is 0 Å². The van der Waals surface area contributed by atoms with Crippen LogP contribution >= 0.6 is 12.2 Å². The Balaban J connectivity index is 2.33. The van der Waals surface area contributed by atoms with E-state index in [4.69, 9.17) is 18.0 Å². The van der Waals surface area contributed by atoms with Crippen LogP contribution in [0.3, 0.4) is 0 Å². The molecule has 5 nitrogen and oxygen atoms in total. The molecule has 2 heterocycles. The Morgan fingerprint density at radius 1 is 1.38 bits per heavy atom. The standard InChI is InChI=1S/C12H12F3N5S/c1-6-9(10(16)21)11(20(2)19-6)18-7-3-4-8(17-5-7)12(13,14)15/h3-5,18H,1-2H3,(H2,16,21). The van der Waals surface area contributed by atoms with Gasteiger partial charge in [0.1, 0.15) is 16.5 Å². The Kier molecular flexibility index (Phi) is 3.86. The number of nitrogens with two attached hydrogens (primary N) is 1. The van der Waals surface area contributed by atoms with Crippen LogP contribution in [0.4, 0.5) is 24.7 Å². The molecule has 2 aromatic heterocycles. The zero-order valence-corrected chi connectivity index (χ0v) is 12.0. The molecule has 0 aliphatic heterocycles. The summed E-state index contributed by atoms with van der Waals surface area (Å²) in [5.41, 5.74) is 6.24. The summed E-state index contributed by atoms with van der Waals surface area (Å²) in [5, 5.41) is 7.10. The molecule has 2 rings (SSSR count). The monoisotopic (exact) mass is 315 g/mol. The molecule has 0 spiro atoms. The van der Waals surface area contributed by atoms with Gasteiger partial charge >= 0.3 is 6.18 Å². The van der Waals surface area contributed by atoms with E-state index in [0.717, 1.165) is 12.3 Å². The van der Waals surface area contributed by atoms with E-state index in [9.17, 15) is 13.2 Å². The number of nitrogens with zero attached hydrogens (tertiary/aromatic N) is 3. The van der Waals surface area contributed by atoms with Crippen LogP contribution in [-0.4, -0.2) is 19.8 Å². The lowest BCUT2D eigenvalue weighted by atomic mass is 10.2. The smallest absolute Gasteiger partial charge is 0.389 e. The molecule has 9 heteroatoms. The minimum Gasteiger partial charge on any atom is -0.389 e. The molecule has 0 fully saturated rings. The molecular weight excluding hydrogens is 303 g/mol. The van der Waals surface area contributed by atoms with Crippen LogP contribution in [0.25, 0.3) is 0 Å². The molecule has 0 radical (unpaired) electrons. The maximum atomic E-state index is 12.5. The van der Waals surface area contributed by atoms with Crippen molar-refractivity contribution in [2.24, 2.45) is 12.8 Å². The van der Waals surface area contributed by atoms with Gasteiger partial charge in [0.05, 0.1) is 23.1 Å². The molecular formula is C12H12F3N5S. The fourth-order valence-electron chi connectivity index (χ4n) is 1.87. The molecule has 0 aromatic carbocycles. The van der Waals surface area contributed by atoms with Crippen molar-refractivity contribution in [2.75, 3.05) is 5.32 Å². The first-order chi connectivity index (χ1) is 9.70. The zero-order chi connectivity index (χ0) is 15.8. The average Bonchev–Trinajstić information content (AvgIpc) is 2.63. The molecule has 112 valence electrons. The minimum absolute atomic E-state index is 0.156. The highest BCUT2D eigenvalue weighted by atomic mass is 32.1. The number of anilines is 2. The lowest BCUT2D eigenvalue weighted by Crippen LogP contribution is -2.13. The van der Waals surface area contributed by atoms with Crippen molar-refractivity contribution in [2.45, 2.75) is 13.1 Å². The summed E-state index contributed by atoms with van der Waals surface area (Å²) in [5.74, 6) is 0.501. The van der Waals surface area contributed by atoms with Crippen molar-refractivity contribution in [1.82, 2.24) is 14.8 Å². The number of pyridine rings is 1. The minimum atomic E-state index is -4.47. The van der Waals surface area contributed by atoms with Gasteiger partial charge in [0.2, 0.25) is 0 Å². The number of halogens is 3. The van der Waals surface area contributed by atoms with Gasteiger partial charge in [-0.25, -0.2) is 4.98 Å². The third-order valence-electron chi connectivity index (χ3n) is 2.79. The fourth-order valence-corrected chi connectivity index (χ4v) is 2.11. The molecule has 0 saturated heterocycles. The summed E-state index contributed by atoms with van der Waals surface area (Å²) < 4.78 is 38.9. The summed E-state index contributed by atoms with van der Waals surface area (Å²) in [6, 6.07) is 2.17. The topological polar surface area (TPSA) is 68.8 Å². The van der Waals surface area contributed by atoms with Crippen LogP contribution in [0.5, 0.6) is 0 Å². The third-order valence-corrected chi connectivity index (χ3v) is 2.99. The van der Waals surface area contributed by atoms with E-state index in [1.807, 2.05) is 0 Å². The lowest BCUT2D eigenvalue weighted by Gasteiger charge is -2.10. The van der Waals surface area contributed by atoms with E-state index >= 15 is 0 Å². The van der Waals surface area contributed by atoms with Gasteiger partial charge in [-0.05, 0) is 19.1 Å². The van der Waals surface area contributed by atoms with Crippen molar-refractivity contribution >= 4 is 28.7 Å². The summed E-state index contributed by atoms with van der Waals surface area (Å²) in [6.07, 6.45) is -3.37. The third kappa shape index (κ3) is 3.13. The maximum absolute atomic E-state index is 12.5. The van der Waals surface area contributed by atoms with Crippen molar-refractivity contribution in [3.8, 4) is 0 Å². The molecule has 3 N–H and O–H groups in total. The Morgan fingerprint density at radius 2 is 2.05 bits per heavy atom. The molecule has 0 atom stereocenters. The number of nitrogens with one attached hydrogen (secondary N) is 1. The zero-order valence-electron chi connectivity index (χ0n) is 11.2. The second-order valence-corrected chi connectivity index (χ2v) is 4.79. The van der Waals surface area contributed by atoms with Gasteiger partial charge in [-0.3, -0.25) is 4.68 Å². The predicted octanol–water partition coefficient (Wildman–Crippen LogP) is 2.52. The van der Waals surface area contributed by atoms with Gasteiger partial charge in [-0.1, -0.05) is 12.2 Å². The van der Waals surface area contributed by atoms with Crippen LogP contribution in [0.2, 0.25) is 0 Å². The second kappa shape index (κ2) is 5.32. The lowest BCUT2D eigenvalue weighted by molar-refractivity contribution is -0.141. The van der Waals surface area contributed by atoms with Crippen molar-refractivity contribution in [3.63, 3.8) is 0 Å². The highest BCUT2D eigenvalue weighted by molar-refractivity contribution is 7.80. The number of hydrogen-bond acceptors (Lipinski definition) is 4. The summed E-state index contributed by atoms with van der Waals surface area (Å²) in [7, 11) is 1.68. The Bertz CT molecular complexity index is 675. The average molecular weight is 315 g/mol. The Hall–Kier alpha value is -2.16. The maximum Gasteiger partial charge on any atom is 0.433 e. The van der Waals surface area contributed by atoms with Gasteiger partial charge in [0.25, 0.3) is 0 Å². The molecule has 0 unspecified atom stereocenters. The molecule has 0 aliphatic rings. The van der Waals surface area contributed by atoms with E-state index in [1.54, 1.807) is 14.0 Å². The molecule has 0 saturated carbocycles. The van der Waals surface area contributed by atoms with Crippen LogP contribution in [0.1, 0.15) is 17.0 Å². The van der Waals surface area contributed by atoms with Gasteiger partial charge in [-0.2, -0.15) is 18.3 Å². The number of rotatable bonds is 3. The van der Waals surface area contributed by atoms with Gasteiger partial charge in [0, 0.05) is 7.05 Å². The highest BCUT2D eigenvalue weighted by Crippen LogP contribution is 2.29. The SMILES string of the molecule is Cc1nn(C)c(Nc2ccc(C(F)(F)F)nc2)c1C(N)=S. The van der Waals surface area contributed by atoms with E-state index < -0.39 is 11.9 Å². The Morgan fingerprint density at radius 3 is 2.52 bits per heavy atom. The van der Waals surface area contributed by atoms with E-state index in [1.165, 1.54) is 10.7 Å². The summed E-state index contributed by atoms with van der Waals surface area (Å²) in [4.78, 5) is 3.53. The number of aryl methyl sites for hydroxylation is 2. The number of aromatic nitrogens is 3. The first-order valence-corrected chi connectivity index (χ1v) is 6.24. The quantitative estimate of drug-likeness (QED) is 0.852. The first kappa shape index (κ1) is 15.2. The molecule has 0 aliphatic carbocycles. The van der Waals surface area contributed by atoms with Gasteiger partial charge < -0.3 is 11.1 Å². The number of hydrogen-bond donors (Lipinski definition) is 2. The van der Waals surface area contributed by atoms with Crippen molar-refractivity contribution in [3.05, 3.63) is 35.3 Å². The number of alkyl halides is 3. The van der Waals surface area contributed by atoms with Crippen LogP contribution in [0, 0.1) is 6.92 Å². The molecule has 0 amide bonds. The number of thiocarbonyl (C=S) groups is 1. The normalized spacial score (nSPS) is 11.5. The fraction of sp³-hybridized carbons (Fsp3) is 0.250. The van der Waals surface area contributed by atoms with E-state index in [-0.39, 0.29) is 4.99 Å². The van der Waals surface area contributed by atoms with Crippen molar-refractivity contribution < 1.29 is 13.2 Å². The second-order valence-electron chi connectivity index (χ2n) is 4.35. The molecule has 0 bridgehead atoms. The van der Waals surface area contributed by atoms with Crippen LogP contribution < -0.4 is 11.1 Å². The van der Waals surface area contributed by atoms with Crippen LogP contribution in [-0.2, 0) is 13.2 Å². The first-order valence-electron chi connectivity index (χ1n) is 5.84. The van der Waals surface area contributed by atoms with E-state index in [0.29, 0.717) is 22.8 Å². The molecule has 2 aromatic rings. The summed E-state index contributed by atoms with van der Waals surface area (Å²) in [6.45, 7) is 1.74. The predicted molar refractivity (Wildman–Crippen MR) is 76.4 cm³/mol. The highest BCUT2D eigenvalue weighted by Gasteiger charge is 2.32. The van der Waals surface area contributed by atoms with Gasteiger partial charge in [-0.15, -0.1) is 0 Å². The van der Waals surface area contributed by atoms with Crippen LogP contribution in [0.15, 0.2) is 18.3 Å². The van der Waals surface area contributed by atoms with E-state index in [2.05, 4.69) is 15.4 Å². The Labute approximate surface area is 124 Å². The molecule has 21 heavy (non-hydrogen) atoms. The van der Waals surface area contributed by atoms with Crippen molar-refractivity contribution in [1.29, 1.82) is 0 Å². The summed E-state index contributed by atoms with van der Waals surface area (Å²) >= 11 is 4.96.